The second-order valence-electron chi connectivity index (χ2n) is 2.43. The number of aromatic nitrogens is 1. The lowest BCUT2D eigenvalue weighted by atomic mass is 10.1. The Morgan fingerprint density at radius 1 is 1.55 bits per heavy atom. The standard InChI is InChI=1S/C9H10FN/c1-4-8-6(2)9(10)5-11-7(8)3/h4-5H,1H2,2-3H3. The SMILES string of the molecule is C=Cc1c(C)ncc(F)c1C. The average Bonchev–Trinajstić information content (AvgIpc) is 1.99. The van der Waals surface area contributed by atoms with Crippen LogP contribution in [0.2, 0.25) is 0 Å². The maximum Gasteiger partial charge on any atom is 0.145 e. The zero-order valence-corrected chi connectivity index (χ0v) is 6.69. The highest BCUT2D eigenvalue weighted by Gasteiger charge is 2.03. The Morgan fingerprint density at radius 2 is 2.18 bits per heavy atom. The third-order valence-electron chi connectivity index (χ3n) is 1.73. The monoisotopic (exact) mass is 151 g/mol. The van der Waals surface area contributed by atoms with Crippen LogP contribution in [0.1, 0.15) is 16.8 Å². The molecule has 0 fully saturated rings. The molecule has 1 rings (SSSR count). The van der Waals surface area contributed by atoms with E-state index in [1.54, 1.807) is 13.0 Å². The highest BCUT2D eigenvalue weighted by atomic mass is 19.1. The van der Waals surface area contributed by atoms with E-state index in [1.807, 2.05) is 6.92 Å². The van der Waals surface area contributed by atoms with Crippen molar-refractivity contribution in [1.29, 1.82) is 0 Å². The van der Waals surface area contributed by atoms with Crippen molar-refractivity contribution >= 4 is 6.08 Å². The van der Waals surface area contributed by atoms with Gasteiger partial charge in [0.1, 0.15) is 5.82 Å². The van der Waals surface area contributed by atoms with E-state index >= 15 is 0 Å². The van der Waals surface area contributed by atoms with Crippen LogP contribution >= 0.6 is 0 Å². The molecule has 1 heterocycles. The fourth-order valence-electron chi connectivity index (χ4n) is 1.02. The number of aryl methyl sites for hydroxylation is 1. The van der Waals surface area contributed by atoms with Gasteiger partial charge in [0, 0.05) is 11.3 Å². The van der Waals surface area contributed by atoms with Crippen LogP contribution in [0.3, 0.4) is 0 Å². The molecule has 0 aliphatic rings. The highest BCUT2D eigenvalue weighted by molar-refractivity contribution is 5.53. The Bertz CT molecular complexity index is 292. The van der Waals surface area contributed by atoms with E-state index in [0.29, 0.717) is 5.56 Å². The molecular weight excluding hydrogens is 141 g/mol. The minimum absolute atomic E-state index is 0.273. The van der Waals surface area contributed by atoms with Crippen molar-refractivity contribution in [3.05, 3.63) is 35.4 Å². The lowest BCUT2D eigenvalue weighted by molar-refractivity contribution is 0.610. The summed E-state index contributed by atoms with van der Waals surface area (Å²) in [6.45, 7) is 7.15. The van der Waals surface area contributed by atoms with E-state index < -0.39 is 0 Å². The maximum absolute atomic E-state index is 12.8. The molecule has 0 atom stereocenters. The van der Waals surface area contributed by atoms with Gasteiger partial charge < -0.3 is 0 Å². The topological polar surface area (TPSA) is 12.9 Å². The molecule has 0 aliphatic carbocycles. The summed E-state index contributed by atoms with van der Waals surface area (Å²) < 4.78 is 12.8. The van der Waals surface area contributed by atoms with E-state index in [0.717, 1.165) is 11.3 Å². The van der Waals surface area contributed by atoms with Gasteiger partial charge in [0.05, 0.1) is 6.20 Å². The molecule has 0 N–H and O–H groups in total. The molecular formula is C9H10FN. The van der Waals surface area contributed by atoms with Gasteiger partial charge in [-0.05, 0) is 19.4 Å². The van der Waals surface area contributed by atoms with Crippen LogP contribution in [0, 0.1) is 19.7 Å². The van der Waals surface area contributed by atoms with Crippen molar-refractivity contribution in [3.63, 3.8) is 0 Å². The molecule has 58 valence electrons. The van der Waals surface area contributed by atoms with Gasteiger partial charge in [-0.1, -0.05) is 12.7 Å². The molecule has 0 aromatic carbocycles. The normalized spacial score (nSPS) is 9.73. The fourth-order valence-corrected chi connectivity index (χ4v) is 1.02. The van der Waals surface area contributed by atoms with Crippen molar-refractivity contribution in [1.82, 2.24) is 4.98 Å². The van der Waals surface area contributed by atoms with Crippen molar-refractivity contribution in [2.24, 2.45) is 0 Å². The van der Waals surface area contributed by atoms with Gasteiger partial charge in [-0.3, -0.25) is 4.98 Å². The molecule has 1 nitrogen and oxygen atoms in total. The number of pyridine rings is 1. The van der Waals surface area contributed by atoms with Gasteiger partial charge in [-0.2, -0.15) is 0 Å². The number of rotatable bonds is 1. The first kappa shape index (κ1) is 7.92. The van der Waals surface area contributed by atoms with Crippen LogP contribution in [0.25, 0.3) is 6.08 Å². The van der Waals surface area contributed by atoms with Crippen molar-refractivity contribution in [2.75, 3.05) is 0 Å². The third kappa shape index (κ3) is 1.29. The molecule has 0 radical (unpaired) electrons. The van der Waals surface area contributed by atoms with Gasteiger partial charge >= 0.3 is 0 Å². The van der Waals surface area contributed by atoms with E-state index in [9.17, 15) is 4.39 Å². The first-order valence-corrected chi connectivity index (χ1v) is 3.41. The first-order chi connectivity index (χ1) is 5.16. The van der Waals surface area contributed by atoms with E-state index in [1.165, 1.54) is 6.20 Å². The Labute approximate surface area is 65.6 Å². The van der Waals surface area contributed by atoms with Crippen LogP contribution in [-0.4, -0.2) is 4.98 Å². The maximum atomic E-state index is 12.8. The highest BCUT2D eigenvalue weighted by Crippen LogP contribution is 2.14. The zero-order valence-electron chi connectivity index (χ0n) is 6.69. The smallest absolute Gasteiger partial charge is 0.145 e. The molecule has 2 heteroatoms. The molecule has 0 bridgehead atoms. The molecule has 0 aliphatic heterocycles. The van der Waals surface area contributed by atoms with Gasteiger partial charge in [0.2, 0.25) is 0 Å². The van der Waals surface area contributed by atoms with Gasteiger partial charge in [0.15, 0.2) is 0 Å². The predicted molar refractivity (Wildman–Crippen MR) is 43.8 cm³/mol. The number of nitrogens with zero attached hydrogens (tertiary/aromatic N) is 1. The van der Waals surface area contributed by atoms with Crippen LogP contribution < -0.4 is 0 Å². The van der Waals surface area contributed by atoms with Crippen molar-refractivity contribution < 1.29 is 4.39 Å². The summed E-state index contributed by atoms with van der Waals surface area (Å²) in [7, 11) is 0. The average molecular weight is 151 g/mol. The van der Waals surface area contributed by atoms with Crippen LogP contribution in [0.5, 0.6) is 0 Å². The molecule has 11 heavy (non-hydrogen) atoms. The van der Waals surface area contributed by atoms with E-state index in [-0.39, 0.29) is 5.82 Å². The second-order valence-corrected chi connectivity index (χ2v) is 2.43. The number of hydrogen-bond donors (Lipinski definition) is 0. The Morgan fingerprint density at radius 3 is 2.64 bits per heavy atom. The first-order valence-electron chi connectivity index (χ1n) is 3.41. The largest absolute Gasteiger partial charge is 0.258 e. The zero-order chi connectivity index (χ0) is 8.43. The molecule has 0 saturated carbocycles. The molecule has 0 saturated heterocycles. The van der Waals surface area contributed by atoms with Crippen molar-refractivity contribution in [3.8, 4) is 0 Å². The predicted octanol–water partition coefficient (Wildman–Crippen LogP) is 2.48. The Hall–Kier alpha value is -1.18. The van der Waals surface area contributed by atoms with E-state index in [2.05, 4.69) is 11.6 Å². The summed E-state index contributed by atoms with van der Waals surface area (Å²) in [5.41, 5.74) is 2.23. The summed E-state index contributed by atoms with van der Waals surface area (Å²) in [6, 6.07) is 0. The molecule has 1 aromatic rings. The summed E-state index contributed by atoms with van der Waals surface area (Å²) in [4.78, 5) is 3.86. The second kappa shape index (κ2) is 2.82. The van der Waals surface area contributed by atoms with Crippen LogP contribution in [0.15, 0.2) is 12.8 Å². The lowest BCUT2D eigenvalue weighted by Crippen LogP contribution is -1.93. The summed E-state index contributed by atoms with van der Waals surface area (Å²) in [6.07, 6.45) is 2.86. The Balaban J connectivity index is 3.40. The summed E-state index contributed by atoms with van der Waals surface area (Å²) in [5.74, 6) is -0.273. The van der Waals surface area contributed by atoms with Gasteiger partial charge in [0.25, 0.3) is 0 Å². The summed E-state index contributed by atoms with van der Waals surface area (Å²) in [5, 5.41) is 0. The van der Waals surface area contributed by atoms with Gasteiger partial charge in [-0.25, -0.2) is 4.39 Å². The fraction of sp³-hybridized carbons (Fsp3) is 0.222. The lowest BCUT2D eigenvalue weighted by Gasteiger charge is -2.03. The van der Waals surface area contributed by atoms with E-state index in [4.69, 9.17) is 0 Å². The molecule has 0 spiro atoms. The minimum atomic E-state index is -0.273. The molecule has 0 unspecified atom stereocenters. The molecule has 1 aromatic heterocycles. The summed E-state index contributed by atoms with van der Waals surface area (Å²) >= 11 is 0. The number of hydrogen-bond acceptors (Lipinski definition) is 1. The minimum Gasteiger partial charge on any atom is -0.258 e. The van der Waals surface area contributed by atoms with Crippen LogP contribution in [0.4, 0.5) is 4.39 Å². The Kier molecular flexibility index (Phi) is 2.03. The number of halogens is 1. The quantitative estimate of drug-likeness (QED) is 0.600. The van der Waals surface area contributed by atoms with Crippen molar-refractivity contribution in [2.45, 2.75) is 13.8 Å². The van der Waals surface area contributed by atoms with Gasteiger partial charge in [-0.15, -0.1) is 0 Å². The molecule has 0 amide bonds. The van der Waals surface area contributed by atoms with Crippen LogP contribution in [-0.2, 0) is 0 Å². The third-order valence-corrected chi connectivity index (χ3v) is 1.73.